The molecule has 0 saturated heterocycles. The summed E-state index contributed by atoms with van der Waals surface area (Å²) in [7, 11) is 0. The van der Waals surface area contributed by atoms with Crippen LogP contribution in [0, 0.1) is 13.8 Å². The van der Waals surface area contributed by atoms with Gasteiger partial charge in [0.05, 0.1) is 12.1 Å². The molecule has 4 aromatic rings. The molecule has 0 fully saturated rings. The standard InChI is InChI=1S/C25H20BrF2N3O2/c1-15-10-11-20(16(2)12-15)25(27,28)14-29-23(32)22-19-8-3-4-9-21(19)30-31-24(22)33-18-7-5-6-17(26)13-18/h3-13H,14H2,1-2H3,(H,29,32). The van der Waals surface area contributed by atoms with Crippen molar-refractivity contribution in [2.45, 2.75) is 19.8 Å². The summed E-state index contributed by atoms with van der Waals surface area (Å²) in [6.07, 6.45) is 0. The second kappa shape index (κ2) is 9.23. The first kappa shape index (κ1) is 22.8. The molecule has 0 saturated carbocycles. The summed E-state index contributed by atoms with van der Waals surface area (Å²) in [5.74, 6) is -3.63. The van der Waals surface area contributed by atoms with E-state index in [0.29, 0.717) is 22.2 Å². The summed E-state index contributed by atoms with van der Waals surface area (Å²) < 4.78 is 36.5. The van der Waals surface area contributed by atoms with Crippen molar-refractivity contribution in [3.63, 3.8) is 0 Å². The fourth-order valence-corrected chi connectivity index (χ4v) is 3.95. The third-order valence-electron chi connectivity index (χ3n) is 5.12. The second-order valence-electron chi connectivity index (χ2n) is 7.66. The number of hydrogen-bond donors (Lipinski definition) is 1. The van der Waals surface area contributed by atoms with Gasteiger partial charge in [-0.05, 0) is 43.7 Å². The fourth-order valence-electron chi connectivity index (χ4n) is 3.57. The lowest BCUT2D eigenvalue weighted by Crippen LogP contribution is -2.35. The topological polar surface area (TPSA) is 64.1 Å². The maximum absolute atomic E-state index is 15.0. The number of ether oxygens (including phenoxy) is 1. The number of nitrogens with one attached hydrogen (secondary N) is 1. The van der Waals surface area contributed by atoms with Gasteiger partial charge in [-0.25, -0.2) is 0 Å². The Morgan fingerprint density at radius 1 is 1.03 bits per heavy atom. The van der Waals surface area contributed by atoms with Crippen LogP contribution in [-0.4, -0.2) is 22.6 Å². The lowest BCUT2D eigenvalue weighted by Gasteiger charge is -2.20. The van der Waals surface area contributed by atoms with Crippen LogP contribution in [0.15, 0.2) is 71.2 Å². The third kappa shape index (κ3) is 5.01. The molecule has 5 nitrogen and oxygen atoms in total. The molecule has 168 valence electrons. The molecule has 0 aliphatic rings. The van der Waals surface area contributed by atoms with Crippen molar-refractivity contribution in [3.05, 3.63) is 93.5 Å². The molecule has 8 heteroatoms. The van der Waals surface area contributed by atoms with Crippen molar-refractivity contribution < 1.29 is 18.3 Å². The molecule has 1 heterocycles. The molecule has 0 spiro atoms. The Morgan fingerprint density at radius 3 is 2.58 bits per heavy atom. The predicted octanol–water partition coefficient (Wildman–Crippen LogP) is 6.32. The van der Waals surface area contributed by atoms with E-state index in [1.165, 1.54) is 6.07 Å². The number of alkyl halides is 2. The van der Waals surface area contributed by atoms with E-state index in [4.69, 9.17) is 4.74 Å². The van der Waals surface area contributed by atoms with Gasteiger partial charge >= 0.3 is 0 Å². The number of nitrogens with zero attached hydrogens (tertiary/aromatic N) is 2. The van der Waals surface area contributed by atoms with Crippen LogP contribution in [0.2, 0.25) is 0 Å². The summed E-state index contributed by atoms with van der Waals surface area (Å²) in [6, 6.07) is 18.5. The zero-order chi connectivity index (χ0) is 23.6. The Balaban J connectivity index is 1.66. The van der Waals surface area contributed by atoms with Crippen molar-refractivity contribution in [1.29, 1.82) is 0 Å². The normalized spacial score (nSPS) is 11.4. The van der Waals surface area contributed by atoms with Gasteiger partial charge in [0.15, 0.2) is 0 Å². The Bertz CT molecular complexity index is 1340. The maximum atomic E-state index is 15.0. The van der Waals surface area contributed by atoms with E-state index in [1.54, 1.807) is 61.5 Å². The molecule has 0 bridgehead atoms. The van der Waals surface area contributed by atoms with Crippen molar-refractivity contribution in [2.24, 2.45) is 0 Å². The molecule has 1 amide bonds. The summed E-state index contributed by atoms with van der Waals surface area (Å²) in [4.78, 5) is 13.2. The number of carbonyl (C=O) groups is 1. The maximum Gasteiger partial charge on any atom is 0.290 e. The highest BCUT2D eigenvalue weighted by atomic mass is 79.9. The van der Waals surface area contributed by atoms with Crippen LogP contribution in [0.3, 0.4) is 0 Å². The third-order valence-corrected chi connectivity index (χ3v) is 5.61. The minimum absolute atomic E-state index is 0.0389. The van der Waals surface area contributed by atoms with Crippen molar-refractivity contribution >= 4 is 32.7 Å². The van der Waals surface area contributed by atoms with Crippen LogP contribution in [0.25, 0.3) is 10.9 Å². The van der Waals surface area contributed by atoms with Crippen LogP contribution < -0.4 is 10.1 Å². The monoisotopic (exact) mass is 511 g/mol. The van der Waals surface area contributed by atoms with Crippen molar-refractivity contribution in [3.8, 4) is 11.6 Å². The van der Waals surface area contributed by atoms with Gasteiger partial charge in [0, 0.05) is 15.4 Å². The summed E-state index contributed by atoms with van der Waals surface area (Å²) in [5, 5.41) is 11.0. The lowest BCUT2D eigenvalue weighted by molar-refractivity contribution is -0.00308. The minimum atomic E-state index is -3.25. The molecule has 0 radical (unpaired) electrons. The van der Waals surface area contributed by atoms with E-state index < -0.39 is 18.4 Å². The second-order valence-corrected chi connectivity index (χ2v) is 8.58. The first-order chi connectivity index (χ1) is 15.7. The highest BCUT2D eigenvalue weighted by molar-refractivity contribution is 9.10. The average molecular weight is 512 g/mol. The van der Waals surface area contributed by atoms with Crippen LogP contribution >= 0.6 is 15.9 Å². The zero-order valence-electron chi connectivity index (χ0n) is 17.9. The molecule has 1 N–H and O–H groups in total. The van der Waals surface area contributed by atoms with Crippen LogP contribution in [0.1, 0.15) is 27.0 Å². The molecule has 33 heavy (non-hydrogen) atoms. The molecular formula is C25H20BrF2N3O2. The molecule has 0 aliphatic carbocycles. The minimum Gasteiger partial charge on any atom is -0.437 e. The van der Waals surface area contributed by atoms with Crippen molar-refractivity contribution in [1.82, 2.24) is 15.5 Å². The Labute approximate surface area is 197 Å². The van der Waals surface area contributed by atoms with Crippen LogP contribution in [0.4, 0.5) is 8.78 Å². The van der Waals surface area contributed by atoms with Crippen LogP contribution in [-0.2, 0) is 5.92 Å². The number of amides is 1. The number of carbonyl (C=O) groups excluding carboxylic acids is 1. The summed E-state index contributed by atoms with van der Waals surface area (Å²) in [5.41, 5.74) is 1.71. The average Bonchev–Trinajstić information content (AvgIpc) is 2.77. The summed E-state index contributed by atoms with van der Waals surface area (Å²) in [6.45, 7) is 2.59. The van der Waals surface area contributed by atoms with E-state index in [0.717, 1.165) is 10.0 Å². The number of hydrogen-bond acceptors (Lipinski definition) is 4. The molecule has 0 aliphatic heterocycles. The largest absolute Gasteiger partial charge is 0.437 e. The number of aryl methyl sites for hydroxylation is 2. The smallest absolute Gasteiger partial charge is 0.290 e. The Kier molecular flexibility index (Phi) is 6.37. The van der Waals surface area contributed by atoms with Gasteiger partial charge in [-0.15, -0.1) is 10.2 Å². The quantitative estimate of drug-likeness (QED) is 0.328. The van der Waals surface area contributed by atoms with E-state index >= 15 is 0 Å². The number of aromatic nitrogens is 2. The van der Waals surface area contributed by atoms with E-state index in [1.807, 2.05) is 13.0 Å². The van der Waals surface area contributed by atoms with E-state index in [9.17, 15) is 13.6 Å². The number of fused-ring (bicyclic) bond motifs is 1. The molecule has 3 aromatic carbocycles. The molecule has 4 rings (SSSR count). The van der Waals surface area contributed by atoms with Crippen LogP contribution in [0.5, 0.6) is 11.6 Å². The molecule has 1 aromatic heterocycles. The molecule has 0 atom stereocenters. The van der Waals surface area contributed by atoms with E-state index in [-0.39, 0.29) is 17.0 Å². The molecule has 0 unspecified atom stereocenters. The first-order valence-corrected chi connectivity index (χ1v) is 11.0. The molecular weight excluding hydrogens is 492 g/mol. The highest BCUT2D eigenvalue weighted by Crippen LogP contribution is 2.32. The van der Waals surface area contributed by atoms with E-state index in [2.05, 4.69) is 31.4 Å². The Morgan fingerprint density at radius 2 is 1.82 bits per heavy atom. The lowest BCUT2D eigenvalue weighted by atomic mass is 10.00. The van der Waals surface area contributed by atoms with Gasteiger partial charge in [-0.2, -0.15) is 8.78 Å². The van der Waals surface area contributed by atoms with Gasteiger partial charge < -0.3 is 10.1 Å². The number of benzene rings is 3. The number of rotatable bonds is 6. The van der Waals surface area contributed by atoms with Gasteiger partial charge in [0.25, 0.3) is 17.7 Å². The summed E-state index contributed by atoms with van der Waals surface area (Å²) >= 11 is 3.36. The van der Waals surface area contributed by atoms with Crippen molar-refractivity contribution in [2.75, 3.05) is 6.54 Å². The van der Waals surface area contributed by atoms with Gasteiger partial charge in [0.2, 0.25) is 0 Å². The van der Waals surface area contributed by atoms with Gasteiger partial charge in [0.1, 0.15) is 11.3 Å². The Hall–Kier alpha value is -3.39. The first-order valence-electron chi connectivity index (χ1n) is 10.2. The van der Waals surface area contributed by atoms with Gasteiger partial charge in [-0.1, -0.05) is 64.0 Å². The SMILES string of the molecule is Cc1ccc(C(F)(F)CNC(=O)c2c(Oc3cccc(Br)c3)nnc3ccccc23)c(C)c1. The fraction of sp³-hybridized carbons (Fsp3) is 0.160. The predicted molar refractivity (Wildman–Crippen MR) is 126 cm³/mol. The zero-order valence-corrected chi connectivity index (χ0v) is 19.5. The number of halogens is 3. The highest BCUT2D eigenvalue weighted by Gasteiger charge is 2.34. The van der Waals surface area contributed by atoms with Gasteiger partial charge in [-0.3, -0.25) is 4.79 Å².